The maximum absolute atomic E-state index is 5.66. The second-order valence-corrected chi connectivity index (χ2v) is 12.8. The van der Waals surface area contributed by atoms with Crippen molar-refractivity contribution in [2.45, 2.75) is 137 Å². The van der Waals surface area contributed by atoms with Gasteiger partial charge in [-0.1, -0.05) is 109 Å². The fourth-order valence-corrected chi connectivity index (χ4v) is 6.03. The van der Waals surface area contributed by atoms with Crippen molar-refractivity contribution in [3.63, 3.8) is 0 Å². The number of benzene rings is 1. The van der Waals surface area contributed by atoms with Gasteiger partial charge in [-0.25, -0.2) is 0 Å². The van der Waals surface area contributed by atoms with E-state index in [0.29, 0.717) is 11.3 Å². The van der Waals surface area contributed by atoms with Crippen LogP contribution in [0.15, 0.2) is 48.1 Å². The van der Waals surface area contributed by atoms with Crippen LogP contribution in [0, 0.1) is 11.8 Å². The van der Waals surface area contributed by atoms with Crippen molar-refractivity contribution in [3.05, 3.63) is 64.8 Å². The normalized spacial score (nSPS) is 21.6. The third kappa shape index (κ3) is 7.70. The van der Waals surface area contributed by atoms with Crippen molar-refractivity contribution in [3.8, 4) is 0 Å². The molecular formula is C35H57N. The van der Waals surface area contributed by atoms with Gasteiger partial charge in [0.25, 0.3) is 0 Å². The van der Waals surface area contributed by atoms with Crippen LogP contribution in [0.3, 0.4) is 0 Å². The highest BCUT2D eigenvalue weighted by Gasteiger charge is 2.37. The Morgan fingerprint density at radius 1 is 0.972 bits per heavy atom. The first kappa shape index (κ1) is 30.6. The zero-order valence-corrected chi connectivity index (χ0v) is 25.3. The molecule has 1 aromatic rings. The monoisotopic (exact) mass is 491 g/mol. The first-order valence-electron chi connectivity index (χ1n) is 14.8. The van der Waals surface area contributed by atoms with Gasteiger partial charge in [0.2, 0.25) is 0 Å². The standard InChI is InChI=1S/C28H42.C7H15N/c1-8-22(21(3)23-12-10-9-11-13-23)18-20(2)24-14-15-25-26(19-24)28(6,7)17-16-27(25,4)5;1-4-6(3)7(8)5-2/h14-15,18-19,22-23H,3,8-13,16-17H2,1-2,4-7H3;4,7H,5,8H2,1-3H3/b20-18+;6-4+. The Morgan fingerprint density at radius 3 is 2.06 bits per heavy atom. The van der Waals surface area contributed by atoms with Gasteiger partial charge in [0.05, 0.1) is 0 Å². The average molecular weight is 492 g/mol. The smallest absolute Gasteiger partial charge is 0.0248 e. The van der Waals surface area contributed by atoms with Crippen LogP contribution in [-0.4, -0.2) is 6.04 Å². The van der Waals surface area contributed by atoms with Crippen molar-refractivity contribution in [1.29, 1.82) is 0 Å². The zero-order valence-electron chi connectivity index (χ0n) is 25.3. The Hall–Kier alpha value is -1.60. The summed E-state index contributed by atoms with van der Waals surface area (Å²) in [6.45, 7) is 25.0. The number of hydrogen-bond donors (Lipinski definition) is 1. The van der Waals surface area contributed by atoms with Gasteiger partial charge in [0.1, 0.15) is 0 Å². The lowest BCUT2D eigenvalue weighted by atomic mass is 9.63. The molecule has 0 amide bonds. The molecule has 0 bridgehead atoms. The molecule has 2 unspecified atom stereocenters. The van der Waals surface area contributed by atoms with E-state index in [9.17, 15) is 0 Å². The van der Waals surface area contributed by atoms with E-state index in [-0.39, 0.29) is 11.5 Å². The van der Waals surface area contributed by atoms with E-state index in [2.05, 4.69) is 92.3 Å². The molecule has 36 heavy (non-hydrogen) atoms. The summed E-state index contributed by atoms with van der Waals surface area (Å²) in [7, 11) is 0. The van der Waals surface area contributed by atoms with Crippen LogP contribution >= 0.6 is 0 Å². The van der Waals surface area contributed by atoms with Gasteiger partial charge >= 0.3 is 0 Å². The molecule has 1 fully saturated rings. The maximum Gasteiger partial charge on any atom is 0.0248 e. The first-order valence-corrected chi connectivity index (χ1v) is 14.8. The van der Waals surface area contributed by atoms with Crippen LogP contribution in [0.1, 0.15) is 137 Å². The fourth-order valence-electron chi connectivity index (χ4n) is 6.03. The van der Waals surface area contributed by atoms with Crippen LogP contribution in [0.5, 0.6) is 0 Å². The van der Waals surface area contributed by atoms with E-state index >= 15 is 0 Å². The highest BCUT2D eigenvalue weighted by Crippen LogP contribution is 2.46. The molecule has 0 radical (unpaired) electrons. The van der Waals surface area contributed by atoms with Crippen molar-refractivity contribution in [2.24, 2.45) is 17.6 Å². The number of nitrogens with two attached hydrogens (primary N) is 1. The SMILES string of the molecule is C/C=C(\C)C(N)CC.C=C(C(/C=C(\C)c1ccc2c(c1)C(C)(C)CCC2(C)C)CC)C1CCCCC1. The van der Waals surface area contributed by atoms with Crippen LogP contribution in [0.25, 0.3) is 5.57 Å². The van der Waals surface area contributed by atoms with E-state index in [0.717, 1.165) is 18.8 Å². The average Bonchev–Trinajstić information content (AvgIpc) is 2.89. The molecular weight excluding hydrogens is 434 g/mol. The minimum absolute atomic E-state index is 0.275. The first-order chi connectivity index (χ1) is 16.9. The molecule has 0 aromatic heterocycles. The van der Waals surface area contributed by atoms with Crippen LogP contribution in [-0.2, 0) is 10.8 Å². The van der Waals surface area contributed by atoms with Gasteiger partial charge in [0, 0.05) is 6.04 Å². The highest BCUT2D eigenvalue weighted by molar-refractivity contribution is 5.66. The molecule has 1 nitrogen and oxygen atoms in total. The molecule has 3 rings (SSSR count). The minimum Gasteiger partial charge on any atom is -0.324 e. The summed E-state index contributed by atoms with van der Waals surface area (Å²) in [4.78, 5) is 0. The molecule has 2 aliphatic carbocycles. The predicted octanol–water partition coefficient (Wildman–Crippen LogP) is 10.3. The minimum atomic E-state index is 0.275. The molecule has 0 spiro atoms. The molecule has 0 saturated heterocycles. The van der Waals surface area contributed by atoms with Gasteiger partial charge in [-0.05, 0) is 104 Å². The second kappa shape index (κ2) is 13.3. The lowest BCUT2D eigenvalue weighted by Gasteiger charge is -2.42. The van der Waals surface area contributed by atoms with Crippen LogP contribution < -0.4 is 5.73 Å². The quantitative estimate of drug-likeness (QED) is 0.377. The Kier molecular flexibility index (Phi) is 11.3. The van der Waals surface area contributed by atoms with Crippen molar-refractivity contribution in [1.82, 2.24) is 0 Å². The summed E-state index contributed by atoms with van der Waals surface area (Å²) in [6, 6.07) is 7.56. The molecule has 0 aliphatic heterocycles. The molecule has 2 atom stereocenters. The predicted molar refractivity (Wildman–Crippen MR) is 163 cm³/mol. The molecule has 1 aromatic carbocycles. The number of rotatable bonds is 7. The summed E-state index contributed by atoms with van der Waals surface area (Å²) in [5.74, 6) is 1.26. The van der Waals surface area contributed by atoms with Crippen LogP contribution in [0.4, 0.5) is 0 Å². The number of allylic oxidation sites excluding steroid dienone is 4. The van der Waals surface area contributed by atoms with Crippen molar-refractivity contribution in [2.75, 3.05) is 0 Å². The van der Waals surface area contributed by atoms with E-state index in [4.69, 9.17) is 5.73 Å². The summed E-state index contributed by atoms with van der Waals surface area (Å²) in [5.41, 5.74) is 14.9. The largest absolute Gasteiger partial charge is 0.324 e. The molecule has 202 valence electrons. The highest BCUT2D eigenvalue weighted by atomic mass is 14.6. The second-order valence-electron chi connectivity index (χ2n) is 12.8. The molecule has 1 saturated carbocycles. The Labute approximate surface area is 224 Å². The van der Waals surface area contributed by atoms with Gasteiger partial charge in [-0.3, -0.25) is 0 Å². The lowest BCUT2D eigenvalue weighted by Crippen LogP contribution is -2.33. The molecule has 1 heteroatoms. The van der Waals surface area contributed by atoms with E-state index < -0.39 is 0 Å². The maximum atomic E-state index is 5.66. The zero-order chi connectivity index (χ0) is 27.1. The van der Waals surface area contributed by atoms with Crippen LogP contribution in [0.2, 0.25) is 0 Å². The van der Waals surface area contributed by atoms with E-state index in [1.807, 2.05) is 6.92 Å². The number of fused-ring (bicyclic) bond motifs is 1. The summed E-state index contributed by atoms with van der Waals surface area (Å²) >= 11 is 0. The van der Waals surface area contributed by atoms with Gasteiger partial charge < -0.3 is 5.73 Å². The van der Waals surface area contributed by atoms with Crippen molar-refractivity contribution >= 4 is 5.57 Å². The third-order valence-corrected chi connectivity index (χ3v) is 9.29. The summed E-state index contributed by atoms with van der Waals surface area (Å²) in [5, 5.41) is 0. The van der Waals surface area contributed by atoms with E-state index in [1.165, 1.54) is 67.2 Å². The summed E-state index contributed by atoms with van der Waals surface area (Å²) in [6.07, 6.45) is 16.2. The molecule has 0 heterocycles. The van der Waals surface area contributed by atoms with E-state index in [1.54, 1.807) is 11.1 Å². The Morgan fingerprint density at radius 2 is 1.56 bits per heavy atom. The third-order valence-electron chi connectivity index (χ3n) is 9.29. The summed E-state index contributed by atoms with van der Waals surface area (Å²) < 4.78 is 0. The lowest BCUT2D eigenvalue weighted by molar-refractivity contribution is 0.332. The van der Waals surface area contributed by atoms with Gasteiger partial charge in [-0.2, -0.15) is 0 Å². The topological polar surface area (TPSA) is 26.0 Å². The van der Waals surface area contributed by atoms with Gasteiger partial charge in [0.15, 0.2) is 0 Å². The Balaban J connectivity index is 0.000000493. The number of hydrogen-bond acceptors (Lipinski definition) is 1. The Bertz CT molecular complexity index is 920. The molecule has 2 aliphatic rings. The van der Waals surface area contributed by atoms with Crippen molar-refractivity contribution < 1.29 is 0 Å². The molecule has 2 N–H and O–H groups in total. The van der Waals surface area contributed by atoms with Gasteiger partial charge in [-0.15, -0.1) is 0 Å². The fraction of sp³-hybridized carbons (Fsp3) is 0.657.